The third kappa shape index (κ3) is 2.69. The summed E-state index contributed by atoms with van der Waals surface area (Å²) in [5, 5.41) is 14.0. The monoisotopic (exact) mass is 250 g/mol. The molecule has 0 saturated heterocycles. The fourth-order valence-electron chi connectivity index (χ4n) is 1.93. The van der Waals surface area contributed by atoms with Crippen LogP contribution in [0.3, 0.4) is 0 Å². The average Bonchev–Trinajstić information content (AvgIpc) is 3.19. The highest BCUT2D eigenvalue weighted by Crippen LogP contribution is 2.34. The number of pyridine rings is 1. The summed E-state index contributed by atoms with van der Waals surface area (Å²) in [7, 11) is 1.76. The normalized spacial score (nSPS) is 14.3. The van der Waals surface area contributed by atoms with Crippen molar-refractivity contribution in [3.63, 3.8) is 0 Å². The highest BCUT2D eigenvalue weighted by atomic mass is 16.6. The van der Waals surface area contributed by atoms with E-state index in [-0.39, 0.29) is 10.6 Å². The molecule has 0 aromatic carbocycles. The van der Waals surface area contributed by atoms with E-state index in [4.69, 9.17) is 0 Å². The highest BCUT2D eigenvalue weighted by molar-refractivity contribution is 5.61. The molecule has 1 aliphatic rings. The largest absolute Gasteiger partial charge is 0.373 e. The fraction of sp³-hybridized carbons (Fsp3) is 0.583. The van der Waals surface area contributed by atoms with Crippen molar-refractivity contribution in [1.29, 1.82) is 0 Å². The second kappa shape index (κ2) is 5.20. The minimum absolute atomic E-state index is 0.0801. The van der Waals surface area contributed by atoms with Crippen LogP contribution in [0, 0.1) is 16.0 Å². The smallest absolute Gasteiger partial charge is 0.311 e. The first-order chi connectivity index (χ1) is 8.65. The van der Waals surface area contributed by atoms with E-state index in [0.717, 1.165) is 13.1 Å². The van der Waals surface area contributed by atoms with Gasteiger partial charge in [0.05, 0.1) is 4.92 Å². The SMILES string of the molecule is CCN(CC1CC1)c1nc(NC)ccc1[N+](=O)[O-]. The van der Waals surface area contributed by atoms with Crippen molar-refractivity contribution in [3.05, 3.63) is 22.2 Å². The van der Waals surface area contributed by atoms with Crippen LogP contribution in [0.15, 0.2) is 12.1 Å². The quantitative estimate of drug-likeness (QED) is 0.619. The summed E-state index contributed by atoms with van der Waals surface area (Å²) >= 11 is 0. The third-order valence-electron chi connectivity index (χ3n) is 3.16. The average molecular weight is 250 g/mol. The van der Waals surface area contributed by atoms with Crippen molar-refractivity contribution in [2.45, 2.75) is 19.8 Å². The summed E-state index contributed by atoms with van der Waals surface area (Å²) in [6.07, 6.45) is 2.44. The molecule has 98 valence electrons. The Balaban J connectivity index is 2.33. The molecule has 0 spiro atoms. The Bertz CT molecular complexity index is 446. The second-order valence-corrected chi connectivity index (χ2v) is 4.53. The number of nitro groups is 1. The lowest BCUT2D eigenvalue weighted by Gasteiger charge is -2.21. The van der Waals surface area contributed by atoms with E-state index in [9.17, 15) is 10.1 Å². The Labute approximate surface area is 106 Å². The summed E-state index contributed by atoms with van der Waals surface area (Å²) in [5.74, 6) is 1.80. The maximum absolute atomic E-state index is 11.1. The molecule has 1 fully saturated rings. The molecular formula is C12H18N4O2. The lowest BCUT2D eigenvalue weighted by molar-refractivity contribution is -0.384. The number of aromatic nitrogens is 1. The van der Waals surface area contributed by atoms with E-state index in [0.29, 0.717) is 17.6 Å². The van der Waals surface area contributed by atoms with Crippen molar-refractivity contribution in [3.8, 4) is 0 Å². The predicted octanol–water partition coefficient (Wildman–Crippen LogP) is 2.27. The molecule has 1 aromatic heterocycles. The van der Waals surface area contributed by atoms with Gasteiger partial charge in [0.2, 0.25) is 5.82 Å². The van der Waals surface area contributed by atoms with Crippen LogP contribution in [0.25, 0.3) is 0 Å². The zero-order valence-electron chi connectivity index (χ0n) is 10.7. The molecule has 1 aromatic rings. The van der Waals surface area contributed by atoms with Gasteiger partial charge in [0, 0.05) is 26.2 Å². The lowest BCUT2D eigenvalue weighted by Crippen LogP contribution is -2.27. The fourth-order valence-corrected chi connectivity index (χ4v) is 1.93. The van der Waals surface area contributed by atoms with E-state index in [1.807, 2.05) is 11.8 Å². The van der Waals surface area contributed by atoms with Gasteiger partial charge in [-0.2, -0.15) is 0 Å². The van der Waals surface area contributed by atoms with Gasteiger partial charge in [-0.15, -0.1) is 0 Å². The Kier molecular flexibility index (Phi) is 3.64. The summed E-state index contributed by atoms with van der Waals surface area (Å²) in [5.41, 5.74) is 0.0801. The van der Waals surface area contributed by atoms with Gasteiger partial charge in [-0.05, 0) is 31.7 Å². The number of hydrogen-bond donors (Lipinski definition) is 1. The molecule has 1 saturated carbocycles. The van der Waals surface area contributed by atoms with Crippen molar-refractivity contribution in [2.75, 3.05) is 30.4 Å². The van der Waals surface area contributed by atoms with Crippen molar-refractivity contribution in [1.82, 2.24) is 4.98 Å². The molecule has 2 rings (SSSR count). The first kappa shape index (κ1) is 12.6. The maximum Gasteiger partial charge on any atom is 0.311 e. The van der Waals surface area contributed by atoms with Crippen molar-refractivity contribution >= 4 is 17.3 Å². The van der Waals surface area contributed by atoms with Gasteiger partial charge in [-0.25, -0.2) is 4.98 Å². The zero-order valence-corrected chi connectivity index (χ0v) is 10.7. The number of nitrogens with one attached hydrogen (secondary N) is 1. The molecule has 18 heavy (non-hydrogen) atoms. The molecule has 6 heteroatoms. The van der Waals surface area contributed by atoms with Gasteiger partial charge in [0.1, 0.15) is 5.82 Å². The topological polar surface area (TPSA) is 71.3 Å². The first-order valence-corrected chi connectivity index (χ1v) is 6.23. The standard InChI is InChI=1S/C12H18N4O2/c1-3-15(8-9-4-5-9)12-10(16(17)18)6-7-11(13-2)14-12/h6-7,9H,3-5,8H2,1-2H3,(H,13,14). The Morgan fingerprint density at radius 1 is 1.56 bits per heavy atom. The Hall–Kier alpha value is -1.85. The van der Waals surface area contributed by atoms with Gasteiger partial charge in [-0.3, -0.25) is 10.1 Å². The maximum atomic E-state index is 11.1. The molecule has 6 nitrogen and oxygen atoms in total. The number of hydrogen-bond acceptors (Lipinski definition) is 5. The van der Waals surface area contributed by atoms with Crippen LogP contribution in [0.4, 0.5) is 17.3 Å². The summed E-state index contributed by atoms with van der Waals surface area (Å²) in [6.45, 7) is 3.59. The van der Waals surface area contributed by atoms with E-state index in [2.05, 4.69) is 10.3 Å². The van der Waals surface area contributed by atoms with Gasteiger partial charge >= 0.3 is 5.69 Å². The van der Waals surface area contributed by atoms with Gasteiger partial charge < -0.3 is 10.2 Å². The van der Waals surface area contributed by atoms with Crippen LogP contribution in [-0.2, 0) is 0 Å². The van der Waals surface area contributed by atoms with Crippen LogP contribution in [-0.4, -0.2) is 30.0 Å². The van der Waals surface area contributed by atoms with E-state index < -0.39 is 0 Å². The summed E-state index contributed by atoms with van der Waals surface area (Å²) < 4.78 is 0. The molecule has 0 bridgehead atoms. The lowest BCUT2D eigenvalue weighted by atomic mass is 10.3. The molecule has 0 aliphatic heterocycles. The number of anilines is 2. The van der Waals surface area contributed by atoms with Crippen LogP contribution in [0.5, 0.6) is 0 Å². The second-order valence-electron chi connectivity index (χ2n) is 4.53. The van der Waals surface area contributed by atoms with Crippen molar-refractivity contribution in [2.24, 2.45) is 5.92 Å². The molecule has 1 heterocycles. The molecule has 1 N–H and O–H groups in total. The summed E-state index contributed by atoms with van der Waals surface area (Å²) in [4.78, 5) is 17.0. The van der Waals surface area contributed by atoms with E-state index in [1.165, 1.54) is 18.9 Å². The van der Waals surface area contributed by atoms with E-state index >= 15 is 0 Å². The number of rotatable bonds is 6. The zero-order chi connectivity index (χ0) is 13.1. The molecular weight excluding hydrogens is 232 g/mol. The van der Waals surface area contributed by atoms with Crippen LogP contribution >= 0.6 is 0 Å². The minimum Gasteiger partial charge on any atom is -0.373 e. The van der Waals surface area contributed by atoms with Gasteiger partial charge in [-0.1, -0.05) is 0 Å². The summed E-state index contributed by atoms with van der Waals surface area (Å²) in [6, 6.07) is 3.15. The molecule has 1 aliphatic carbocycles. The third-order valence-corrected chi connectivity index (χ3v) is 3.16. The van der Waals surface area contributed by atoms with Crippen molar-refractivity contribution < 1.29 is 4.92 Å². The molecule has 0 radical (unpaired) electrons. The molecule has 0 amide bonds. The molecule has 0 atom stereocenters. The van der Waals surface area contributed by atoms with E-state index in [1.54, 1.807) is 13.1 Å². The Morgan fingerprint density at radius 3 is 2.78 bits per heavy atom. The van der Waals surface area contributed by atoms with Gasteiger partial charge in [0.25, 0.3) is 0 Å². The number of nitrogens with zero attached hydrogens (tertiary/aromatic N) is 3. The Morgan fingerprint density at radius 2 is 2.28 bits per heavy atom. The van der Waals surface area contributed by atoms with Crippen LogP contribution in [0.1, 0.15) is 19.8 Å². The van der Waals surface area contributed by atoms with Crippen LogP contribution in [0.2, 0.25) is 0 Å². The highest BCUT2D eigenvalue weighted by Gasteiger charge is 2.28. The van der Waals surface area contributed by atoms with Crippen LogP contribution < -0.4 is 10.2 Å². The predicted molar refractivity (Wildman–Crippen MR) is 71.0 cm³/mol. The molecule has 0 unspecified atom stereocenters. The van der Waals surface area contributed by atoms with Gasteiger partial charge in [0.15, 0.2) is 0 Å². The first-order valence-electron chi connectivity index (χ1n) is 6.23. The minimum atomic E-state index is -0.364.